The van der Waals surface area contributed by atoms with E-state index in [1.165, 1.54) is 16.4 Å². The van der Waals surface area contributed by atoms with E-state index in [1.54, 1.807) is 29.0 Å². The number of hydrogen-bond acceptors (Lipinski definition) is 6. The number of rotatable bonds is 4. The van der Waals surface area contributed by atoms with E-state index in [-0.39, 0.29) is 29.8 Å². The van der Waals surface area contributed by atoms with Crippen molar-refractivity contribution >= 4 is 43.2 Å². The zero-order valence-corrected chi connectivity index (χ0v) is 17.0. The standard InChI is InChI=1S/C20H18N4O3S2/c21-12-14-2-1-3-17(10-14)29(26,27)24-8-6-15(7-9-24)20(25)23-16-4-5-19-18(11-16)22-13-28-19/h1-5,10-11,13,15H,6-9H2,(H,23,25). The molecule has 0 radical (unpaired) electrons. The lowest BCUT2D eigenvalue weighted by Crippen LogP contribution is -2.41. The first-order valence-corrected chi connectivity index (χ1v) is 11.4. The molecule has 1 amide bonds. The van der Waals surface area contributed by atoms with Gasteiger partial charge in [0.1, 0.15) is 0 Å². The van der Waals surface area contributed by atoms with Crippen LogP contribution in [0.4, 0.5) is 5.69 Å². The number of fused-ring (bicyclic) bond motifs is 1. The fourth-order valence-corrected chi connectivity index (χ4v) is 5.59. The van der Waals surface area contributed by atoms with Gasteiger partial charge in [-0.25, -0.2) is 13.4 Å². The molecule has 0 spiro atoms. The molecule has 29 heavy (non-hydrogen) atoms. The lowest BCUT2D eigenvalue weighted by Gasteiger charge is -2.30. The van der Waals surface area contributed by atoms with Crippen LogP contribution >= 0.6 is 11.3 Å². The lowest BCUT2D eigenvalue weighted by atomic mass is 9.97. The molecule has 1 aliphatic heterocycles. The summed E-state index contributed by atoms with van der Waals surface area (Å²) in [5, 5.41) is 11.9. The minimum atomic E-state index is -3.68. The number of anilines is 1. The van der Waals surface area contributed by atoms with Gasteiger partial charge >= 0.3 is 0 Å². The van der Waals surface area contributed by atoms with Crippen LogP contribution in [0.3, 0.4) is 0 Å². The molecule has 7 nitrogen and oxygen atoms in total. The van der Waals surface area contributed by atoms with Crippen molar-refractivity contribution < 1.29 is 13.2 Å². The molecule has 4 rings (SSSR count). The zero-order chi connectivity index (χ0) is 20.4. The van der Waals surface area contributed by atoms with Crippen molar-refractivity contribution in [3.05, 3.63) is 53.5 Å². The highest BCUT2D eigenvalue weighted by Crippen LogP contribution is 2.26. The molecule has 0 atom stereocenters. The Kier molecular flexibility index (Phi) is 5.32. The van der Waals surface area contributed by atoms with Gasteiger partial charge in [-0.1, -0.05) is 6.07 Å². The second-order valence-electron chi connectivity index (χ2n) is 6.84. The van der Waals surface area contributed by atoms with Gasteiger partial charge in [-0.05, 0) is 49.2 Å². The van der Waals surface area contributed by atoms with E-state index in [0.717, 1.165) is 10.2 Å². The largest absolute Gasteiger partial charge is 0.326 e. The van der Waals surface area contributed by atoms with Crippen molar-refractivity contribution in [3.63, 3.8) is 0 Å². The highest BCUT2D eigenvalue weighted by Gasteiger charge is 2.32. The second kappa shape index (κ2) is 7.91. The molecule has 1 fully saturated rings. The summed E-state index contributed by atoms with van der Waals surface area (Å²) >= 11 is 1.54. The van der Waals surface area contributed by atoms with Crippen molar-refractivity contribution in [2.24, 2.45) is 5.92 Å². The van der Waals surface area contributed by atoms with Gasteiger partial charge in [-0.2, -0.15) is 9.57 Å². The molecule has 0 unspecified atom stereocenters. The van der Waals surface area contributed by atoms with Crippen molar-refractivity contribution in [1.29, 1.82) is 5.26 Å². The number of aromatic nitrogens is 1. The van der Waals surface area contributed by atoms with Gasteiger partial charge in [-0.15, -0.1) is 11.3 Å². The molecular formula is C20H18N4O3S2. The van der Waals surface area contributed by atoms with Gasteiger partial charge < -0.3 is 5.32 Å². The quantitative estimate of drug-likeness (QED) is 0.690. The Hall–Kier alpha value is -2.80. The Labute approximate surface area is 172 Å². The van der Waals surface area contributed by atoms with Gasteiger partial charge in [0.05, 0.1) is 32.3 Å². The average Bonchev–Trinajstić information content (AvgIpc) is 3.21. The molecule has 2 heterocycles. The first-order valence-electron chi connectivity index (χ1n) is 9.12. The van der Waals surface area contributed by atoms with Gasteiger partial charge in [0.25, 0.3) is 0 Å². The zero-order valence-electron chi connectivity index (χ0n) is 15.4. The number of thiazole rings is 1. The summed E-state index contributed by atoms with van der Waals surface area (Å²) in [6.07, 6.45) is 0.893. The molecule has 1 aliphatic rings. The van der Waals surface area contributed by atoms with Crippen molar-refractivity contribution in [2.45, 2.75) is 17.7 Å². The molecule has 1 saturated heterocycles. The van der Waals surface area contributed by atoms with Crippen LogP contribution in [0.5, 0.6) is 0 Å². The van der Waals surface area contributed by atoms with E-state index < -0.39 is 10.0 Å². The maximum atomic E-state index is 12.8. The average molecular weight is 427 g/mol. The van der Waals surface area contributed by atoms with Crippen molar-refractivity contribution in [1.82, 2.24) is 9.29 Å². The highest BCUT2D eigenvalue weighted by atomic mass is 32.2. The third kappa shape index (κ3) is 4.00. The highest BCUT2D eigenvalue weighted by molar-refractivity contribution is 7.89. The first-order chi connectivity index (χ1) is 14.0. The number of piperidine rings is 1. The maximum absolute atomic E-state index is 12.8. The van der Waals surface area contributed by atoms with Crippen LogP contribution in [0, 0.1) is 17.2 Å². The minimum absolute atomic E-state index is 0.107. The molecule has 0 aliphatic carbocycles. The Balaban J connectivity index is 1.40. The molecule has 0 saturated carbocycles. The monoisotopic (exact) mass is 426 g/mol. The van der Waals surface area contributed by atoms with E-state index in [4.69, 9.17) is 5.26 Å². The lowest BCUT2D eigenvalue weighted by molar-refractivity contribution is -0.120. The summed E-state index contributed by atoms with van der Waals surface area (Å²) in [6.45, 7) is 0.532. The van der Waals surface area contributed by atoms with Crippen LogP contribution in [0.2, 0.25) is 0 Å². The Morgan fingerprint density at radius 1 is 1.21 bits per heavy atom. The van der Waals surface area contributed by atoms with Crippen LogP contribution in [0.25, 0.3) is 10.2 Å². The maximum Gasteiger partial charge on any atom is 0.243 e. The number of sulfonamides is 1. The minimum Gasteiger partial charge on any atom is -0.326 e. The van der Waals surface area contributed by atoms with Gasteiger partial charge in [0, 0.05) is 24.7 Å². The van der Waals surface area contributed by atoms with Crippen LogP contribution in [0.1, 0.15) is 18.4 Å². The Bertz CT molecular complexity index is 1210. The predicted octanol–water partition coefficient (Wildman–Crippen LogP) is 3.21. The van der Waals surface area contributed by atoms with Crippen molar-refractivity contribution in [2.75, 3.05) is 18.4 Å². The Morgan fingerprint density at radius 3 is 2.76 bits per heavy atom. The topological polar surface area (TPSA) is 103 Å². The van der Waals surface area contributed by atoms with Crippen molar-refractivity contribution in [3.8, 4) is 6.07 Å². The molecule has 2 aromatic carbocycles. The van der Waals surface area contributed by atoms with Gasteiger partial charge in [-0.3, -0.25) is 4.79 Å². The van der Waals surface area contributed by atoms with Gasteiger partial charge in [0.15, 0.2) is 0 Å². The Morgan fingerprint density at radius 2 is 2.00 bits per heavy atom. The summed E-state index contributed by atoms with van der Waals surface area (Å²) < 4.78 is 28.1. The summed E-state index contributed by atoms with van der Waals surface area (Å²) in [5.41, 5.74) is 3.60. The first kappa shape index (κ1) is 19.5. The number of benzene rings is 2. The fraction of sp³-hybridized carbons (Fsp3) is 0.250. The number of carbonyl (C=O) groups excluding carboxylic acids is 1. The third-order valence-electron chi connectivity index (χ3n) is 5.02. The van der Waals surface area contributed by atoms with Crippen LogP contribution in [-0.2, 0) is 14.8 Å². The number of carbonyl (C=O) groups is 1. The number of nitrogens with zero attached hydrogens (tertiary/aromatic N) is 3. The molecular weight excluding hydrogens is 408 g/mol. The fourth-order valence-electron chi connectivity index (χ4n) is 3.41. The number of hydrogen-bond donors (Lipinski definition) is 1. The smallest absolute Gasteiger partial charge is 0.243 e. The number of nitriles is 1. The summed E-state index contributed by atoms with van der Waals surface area (Å²) in [4.78, 5) is 17.0. The molecule has 148 valence electrons. The normalized spacial score (nSPS) is 15.8. The SMILES string of the molecule is N#Cc1cccc(S(=O)(=O)N2CCC(C(=O)Nc3ccc4scnc4c3)CC2)c1. The summed E-state index contributed by atoms with van der Waals surface area (Å²) in [5.74, 6) is -0.360. The number of amides is 1. The van der Waals surface area contributed by atoms with E-state index >= 15 is 0 Å². The third-order valence-corrected chi connectivity index (χ3v) is 7.73. The molecule has 3 aromatic rings. The molecule has 1 aromatic heterocycles. The van der Waals surface area contributed by atoms with Crippen LogP contribution < -0.4 is 5.32 Å². The molecule has 9 heteroatoms. The summed E-state index contributed by atoms with van der Waals surface area (Å²) in [6, 6.07) is 13.6. The number of nitrogens with one attached hydrogen (secondary N) is 1. The van der Waals surface area contributed by atoms with Gasteiger partial charge in [0.2, 0.25) is 15.9 Å². The second-order valence-corrected chi connectivity index (χ2v) is 9.67. The van der Waals surface area contributed by atoms with Crippen LogP contribution in [0.15, 0.2) is 52.9 Å². The molecule has 0 bridgehead atoms. The molecule has 1 N–H and O–H groups in total. The summed E-state index contributed by atoms with van der Waals surface area (Å²) in [7, 11) is -3.68. The van der Waals surface area contributed by atoms with E-state index in [0.29, 0.717) is 24.1 Å². The van der Waals surface area contributed by atoms with E-state index in [2.05, 4.69) is 10.3 Å². The van der Waals surface area contributed by atoms with Crippen LogP contribution in [-0.4, -0.2) is 36.7 Å². The van der Waals surface area contributed by atoms with E-state index in [1.807, 2.05) is 24.3 Å². The van der Waals surface area contributed by atoms with E-state index in [9.17, 15) is 13.2 Å². The predicted molar refractivity (Wildman–Crippen MR) is 111 cm³/mol.